The summed E-state index contributed by atoms with van der Waals surface area (Å²) in [5.41, 5.74) is 0.398. The number of hydrogen-bond donors (Lipinski definition) is 1. The van der Waals surface area contributed by atoms with E-state index in [0.29, 0.717) is 12.1 Å². The summed E-state index contributed by atoms with van der Waals surface area (Å²) in [6.07, 6.45) is 0. The lowest BCUT2D eigenvalue weighted by Gasteiger charge is -2.23. The number of hydrogen-bond acceptors (Lipinski definition) is 4. The molecular formula is C16H18F2N2O2S. The number of nitrogens with one attached hydrogen (secondary N) is 1. The van der Waals surface area contributed by atoms with Crippen molar-refractivity contribution in [3.8, 4) is 5.75 Å². The Morgan fingerprint density at radius 2 is 1.96 bits per heavy atom. The van der Waals surface area contributed by atoms with E-state index in [9.17, 15) is 13.6 Å². The van der Waals surface area contributed by atoms with Crippen molar-refractivity contribution in [3.05, 3.63) is 52.2 Å². The molecule has 0 fully saturated rings. The molecule has 1 atom stereocenters. The first kappa shape index (κ1) is 17.4. The van der Waals surface area contributed by atoms with E-state index in [2.05, 4.69) is 10.1 Å². The minimum atomic E-state index is -2.87. The fourth-order valence-corrected chi connectivity index (χ4v) is 3.02. The van der Waals surface area contributed by atoms with Crippen LogP contribution in [0, 0.1) is 0 Å². The van der Waals surface area contributed by atoms with Gasteiger partial charge in [0.25, 0.3) is 5.91 Å². The van der Waals surface area contributed by atoms with E-state index in [4.69, 9.17) is 0 Å². The van der Waals surface area contributed by atoms with Gasteiger partial charge in [0.2, 0.25) is 0 Å². The average molecular weight is 340 g/mol. The van der Waals surface area contributed by atoms with E-state index in [1.165, 1.54) is 24.3 Å². The van der Waals surface area contributed by atoms with Gasteiger partial charge in [0.1, 0.15) is 5.75 Å². The minimum Gasteiger partial charge on any atom is -0.435 e. The molecule has 0 aliphatic carbocycles. The highest BCUT2D eigenvalue weighted by Crippen LogP contribution is 2.22. The van der Waals surface area contributed by atoms with Crippen molar-refractivity contribution in [1.82, 2.24) is 10.2 Å². The molecule has 1 aromatic heterocycles. The number of nitrogens with zero attached hydrogens (tertiary/aromatic N) is 1. The molecule has 2 rings (SSSR count). The molecule has 1 heterocycles. The van der Waals surface area contributed by atoms with E-state index >= 15 is 0 Å². The molecule has 23 heavy (non-hydrogen) atoms. The van der Waals surface area contributed by atoms with Crippen LogP contribution < -0.4 is 10.1 Å². The number of carbonyl (C=O) groups is 1. The van der Waals surface area contributed by atoms with Crippen molar-refractivity contribution >= 4 is 17.2 Å². The lowest BCUT2D eigenvalue weighted by Crippen LogP contribution is -2.34. The Morgan fingerprint density at radius 3 is 2.48 bits per heavy atom. The Morgan fingerprint density at radius 1 is 1.26 bits per heavy atom. The zero-order chi connectivity index (χ0) is 16.8. The van der Waals surface area contributed by atoms with E-state index in [-0.39, 0.29) is 17.7 Å². The third-order valence-electron chi connectivity index (χ3n) is 3.29. The number of benzene rings is 1. The second-order valence-corrected chi connectivity index (χ2v) is 6.09. The first-order valence-electron chi connectivity index (χ1n) is 7.00. The molecule has 1 aromatic carbocycles. The molecule has 0 aliphatic rings. The van der Waals surface area contributed by atoms with E-state index in [1.54, 1.807) is 11.3 Å². The van der Waals surface area contributed by atoms with Crippen LogP contribution in [0.4, 0.5) is 8.78 Å². The van der Waals surface area contributed by atoms with E-state index < -0.39 is 6.61 Å². The molecule has 0 bridgehead atoms. The molecule has 0 spiro atoms. The highest BCUT2D eigenvalue weighted by Gasteiger charge is 2.16. The van der Waals surface area contributed by atoms with Crippen molar-refractivity contribution in [3.63, 3.8) is 0 Å². The number of ether oxygens (including phenoxy) is 1. The summed E-state index contributed by atoms with van der Waals surface area (Å²) in [6, 6.07) is 9.71. The molecule has 0 saturated heterocycles. The number of carbonyl (C=O) groups excluding carboxylic acids is 1. The van der Waals surface area contributed by atoms with Crippen molar-refractivity contribution in [2.45, 2.75) is 12.7 Å². The molecule has 7 heteroatoms. The smallest absolute Gasteiger partial charge is 0.387 e. The number of amides is 1. The van der Waals surface area contributed by atoms with Gasteiger partial charge in [0, 0.05) is 17.0 Å². The van der Waals surface area contributed by atoms with Gasteiger partial charge < -0.3 is 15.0 Å². The van der Waals surface area contributed by atoms with Crippen molar-refractivity contribution in [2.24, 2.45) is 0 Å². The maximum absolute atomic E-state index is 12.2. The summed E-state index contributed by atoms with van der Waals surface area (Å²) in [4.78, 5) is 15.4. The Hall–Kier alpha value is -1.99. The van der Waals surface area contributed by atoms with Crippen molar-refractivity contribution in [1.29, 1.82) is 0 Å². The van der Waals surface area contributed by atoms with Gasteiger partial charge in [-0.1, -0.05) is 6.07 Å². The SMILES string of the molecule is CN(C)[C@H](CNC(=O)c1ccc(OC(F)F)cc1)c1cccs1. The summed E-state index contributed by atoms with van der Waals surface area (Å²) in [5.74, 6) is -0.224. The van der Waals surface area contributed by atoms with Gasteiger partial charge in [-0.3, -0.25) is 4.79 Å². The number of alkyl halides is 2. The molecule has 4 nitrogen and oxygen atoms in total. The minimum absolute atomic E-state index is 0.0290. The molecular weight excluding hydrogens is 322 g/mol. The predicted octanol–water partition coefficient (Wildman–Crippen LogP) is 3.38. The molecule has 1 amide bonds. The standard InChI is InChI=1S/C16H18F2N2O2S/c1-20(2)13(14-4-3-9-23-14)10-19-15(21)11-5-7-12(8-6-11)22-16(17)18/h3-9,13,16H,10H2,1-2H3,(H,19,21)/t13-/m1/s1. The second-order valence-electron chi connectivity index (χ2n) is 5.11. The third kappa shape index (κ3) is 5.01. The number of thiophene rings is 1. The van der Waals surface area contributed by atoms with Crippen LogP contribution in [0.5, 0.6) is 5.75 Å². The first-order chi connectivity index (χ1) is 11.0. The van der Waals surface area contributed by atoms with E-state index in [1.807, 2.05) is 36.5 Å². The molecule has 0 unspecified atom stereocenters. The van der Waals surface area contributed by atoms with Gasteiger partial charge in [0.15, 0.2) is 0 Å². The quantitative estimate of drug-likeness (QED) is 0.840. The van der Waals surface area contributed by atoms with Gasteiger partial charge >= 0.3 is 6.61 Å². The average Bonchev–Trinajstić information content (AvgIpc) is 3.01. The van der Waals surface area contributed by atoms with E-state index in [0.717, 1.165) is 4.88 Å². The molecule has 124 valence electrons. The Labute approximate surface area is 137 Å². The molecule has 0 radical (unpaired) electrons. The van der Waals surface area contributed by atoms with Crippen LogP contribution in [-0.4, -0.2) is 38.1 Å². The van der Waals surface area contributed by atoms with Crippen LogP contribution >= 0.6 is 11.3 Å². The van der Waals surface area contributed by atoms with Gasteiger partial charge in [-0.25, -0.2) is 0 Å². The van der Waals surface area contributed by atoms with Crippen LogP contribution in [-0.2, 0) is 0 Å². The highest BCUT2D eigenvalue weighted by molar-refractivity contribution is 7.10. The number of likely N-dealkylation sites (N-methyl/N-ethyl adjacent to an activating group) is 1. The number of halogens is 2. The van der Waals surface area contributed by atoms with Crippen LogP contribution in [0.15, 0.2) is 41.8 Å². The monoisotopic (exact) mass is 340 g/mol. The normalized spacial score (nSPS) is 12.4. The fraction of sp³-hybridized carbons (Fsp3) is 0.312. The highest BCUT2D eigenvalue weighted by atomic mass is 32.1. The van der Waals surface area contributed by atoms with Crippen LogP contribution in [0.2, 0.25) is 0 Å². The van der Waals surface area contributed by atoms with Crippen LogP contribution in [0.1, 0.15) is 21.3 Å². The Bertz CT molecular complexity index is 616. The third-order valence-corrected chi connectivity index (χ3v) is 4.27. The zero-order valence-electron chi connectivity index (χ0n) is 12.8. The van der Waals surface area contributed by atoms with Gasteiger partial charge in [0.05, 0.1) is 6.04 Å². The summed E-state index contributed by atoms with van der Waals surface area (Å²) in [7, 11) is 3.90. The summed E-state index contributed by atoms with van der Waals surface area (Å²) < 4.78 is 28.4. The van der Waals surface area contributed by atoms with Crippen LogP contribution in [0.3, 0.4) is 0 Å². The van der Waals surface area contributed by atoms with Gasteiger partial charge in [-0.2, -0.15) is 8.78 Å². The van der Waals surface area contributed by atoms with Gasteiger partial charge in [-0.15, -0.1) is 11.3 Å². The van der Waals surface area contributed by atoms with Gasteiger partial charge in [-0.05, 0) is 49.8 Å². The molecule has 2 aromatic rings. The Kier molecular flexibility index (Phi) is 6.06. The predicted molar refractivity (Wildman–Crippen MR) is 86.2 cm³/mol. The van der Waals surface area contributed by atoms with Crippen molar-refractivity contribution < 1.29 is 18.3 Å². The topological polar surface area (TPSA) is 41.6 Å². The maximum Gasteiger partial charge on any atom is 0.387 e. The first-order valence-corrected chi connectivity index (χ1v) is 7.88. The van der Waals surface area contributed by atoms with Crippen molar-refractivity contribution in [2.75, 3.05) is 20.6 Å². The summed E-state index contributed by atoms with van der Waals surface area (Å²) in [5, 5.41) is 4.86. The molecule has 1 N–H and O–H groups in total. The molecule has 0 saturated carbocycles. The maximum atomic E-state index is 12.2. The Balaban J connectivity index is 1.95. The second kappa shape index (κ2) is 8.03. The fourth-order valence-electron chi connectivity index (χ4n) is 2.10. The zero-order valence-corrected chi connectivity index (χ0v) is 13.6. The largest absolute Gasteiger partial charge is 0.435 e. The van der Waals surface area contributed by atoms with Crippen LogP contribution in [0.25, 0.3) is 0 Å². The lowest BCUT2D eigenvalue weighted by atomic mass is 10.2. The molecule has 0 aliphatic heterocycles. The number of rotatable bonds is 7. The lowest BCUT2D eigenvalue weighted by molar-refractivity contribution is -0.0498. The summed E-state index contributed by atoms with van der Waals surface area (Å²) >= 11 is 1.63. The summed E-state index contributed by atoms with van der Waals surface area (Å²) in [6.45, 7) is -2.41.